The van der Waals surface area contributed by atoms with E-state index in [0.717, 1.165) is 27.4 Å². The molecule has 2 bridgehead atoms. The summed E-state index contributed by atoms with van der Waals surface area (Å²) in [5.74, 6) is 0.872. The van der Waals surface area contributed by atoms with Gasteiger partial charge in [-0.1, -0.05) is 18.2 Å². The molecule has 0 radical (unpaired) electrons. The number of anilines is 1. The summed E-state index contributed by atoms with van der Waals surface area (Å²) >= 11 is 1.56. The molecule has 1 saturated carbocycles. The second-order valence-corrected chi connectivity index (χ2v) is 7.11. The van der Waals surface area contributed by atoms with Gasteiger partial charge in [-0.3, -0.25) is 4.79 Å². The summed E-state index contributed by atoms with van der Waals surface area (Å²) in [5, 5.41) is 1.03. The van der Waals surface area contributed by atoms with Crippen molar-refractivity contribution in [1.82, 2.24) is 4.90 Å². The first-order chi connectivity index (χ1) is 9.65. The summed E-state index contributed by atoms with van der Waals surface area (Å²) in [7, 11) is 0. The van der Waals surface area contributed by atoms with Crippen LogP contribution in [0.25, 0.3) is 10.1 Å². The van der Waals surface area contributed by atoms with Gasteiger partial charge in [-0.15, -0.1) is 11.3 Å². The molecule has 4 heteroatoms. The summed E-state index contributed by atoms with van der Waals surface area (Å²) in [4.78, 5) is 15.6. The first-order valence-corrected chi connectivity index (χ1v) is 8.05. The fraction of sp³-hybridized carbons (Fsp3) is 0.438. The third-order valence-corrected chi connectivity index (χ3v) is 6.16. The molecule has 1 amide bonds. The first-order valence-electron chi connectivity index (χ1n) is 7.23. The van der Waals surface area contributed by atoms with Crippen molar-refractivity contribution in [2.45, 2.75) is 32.2 Å². The minimum Gasteiger partial charge on any atom is -0.397 e. The molecule has 20 heavy (non-hydrogen) atoms. The molecule has 1 aromatic carbocycles. The number of benzene rings is 1. The molecule has 3 nitrogen and oxygen atoms in total. The number of hydrogen-bond donors (Lipinski definition) is 1. The number of nitrogen functional groups attached to an aromatic ring is 1. The van der Waals surface area contributed by atoms with Crippen molar-refractivity contribution in [1.29, 1.82) is 0 Å². The minimum absolute atomic E-state index is 0.148. The number of thiophene rings is 1. The monoisotopic (exact) mass is 286 g/mol. The second kappa shape index (κ2) is 4.22. The maximum atomic E-state index is 12.8. The van der Waals surface area contributed by atoms with E-state index in [-0.39, 0.29) is 5.91 Å². The predicted molar refractivity (Wildman–Crippen MR) is 83.1 cm³/mol. The summed E-state index contributed by atoms with van der Waals surface area (Å²) < 4.78 is 1.15. The van der Waals surface area contributed by atoms with Crippen molar-refractivity contribution in [3.63, 3.8) is 0 Å². The smallest absolute Gasteiger partial charge is 0.266 e. The number of rotatable bonds is 1. The highest BCUT2D eigenvalue weighted by Gasteiger charge is 2.41. The van der Waals surface area contributed by atoms with E-state index in [1.54, 1.807) is 11.3 Å². The third-order valence-electron chi connectivity index (χ3n) is 4.82. The highest BCUT2D eigenvalue weighted by atomic mass is 32.1. The van der Waals surface area contributed by atoms with Gasteiger partial charge in [0.25, 0.3) is 5.91 Å². The number of piperidine rings is 1. The lowest BCUT2D eigenvalue weighted by Crippen LogP contribution is -2.37. The molecule has 4 rings (SSSR count). The largest absolute Gasteiger partial charge is 0.397 e. The summed E-state index contributed by atoms with van der Waals surface area (Å²) in [5.41, 5.74) is 8.10. The Morgan fingerprint density at radius 1 is 1.40 bits per heavy atom. The highest BCUT2D eigenvalue weighted by Crippen LogP contribution is 2.41. The van der Waals surface area contributed by atoms with Crippen LogP contribution in [0, 0.1) is 12.8 Å². The Bertz CT molecular complexity index is 706. The van der Waals surface area contributed by atoms with Gasteiger partial charge in [0.2, 0.25) is 0 Å². The number of hydrogen-bond acceptors (Lipinski definition) is 3. The number of aryl methyl sites for hydroxylation is 1. The SMILES string of the molecule is Cc1cccc2c(N)c(C(=O)N3CC4CCC3C4)sc12. The number of fused-ring (bicyclic) bond motifs is 3. The van der Waals surface area contributed by atoms with Gasteiger partial charge in [-0.2, -0.15) is 0 Å². The van der Waals surface area contributed by atoms with Crippen LogP contribution in [0.2, 0.25) is 0 Å². The zero-order valence-electron chi connectivity index (χ0n) is 11.6. The minimum atomic E-state index is 0.148. The summed E-state index contributed by atoms with van der Waals surface area (Å²) in [6, 6.07) is 6.55. The molecule has 2 atom stereocenters. The van der Waals surface area contributed by atoms with Crippen molar-refractivity contribution in [3.8, 4) is 0 Å². The van der Waals surface area contributed by atoms with E-state index in [2.05, 4.69) is 17.9 Å². The maximum absolute atomic E-state index is 12.8. The van der Waals surface area contributed by atoms with Gasteiger partial charge in [-0.05, 0) is 37.7 Å². The molecule has 1 aliphatic carbocycles. The molecule has 2 heterocycles. The molecular formula is C16H18N2OS. The maximum Gasteiger partial charge on any atom is 0.266 e. The molecule has 104 valence electrons. The van der Waals surface area contributed by atoms with E-state index in [9.17, 15) is 4.79 Å². The molecule has 1 aliphatic heterocycles. The Morgan fingerprint density at radius 2 is 2.25 bits per heavy atom. The Morgan fingerprint density at radius 3 is 2.90 bits per heavy atom. The van der Waals surface area contributed by atoms with Crippen molar-refractivity contribution in [3.05, 3.63) is 28.6 Å². The van der Waals surface area contributed by atoms with Gasteiger partial charge in [-0.25, -0.2) is 0 Å². The molecule has 1 aromatic heterocycles. The van der Waals surface area contributed by atoms with Crippen molar-refractivity contribution in [2.75, 3.05) is 12.3 Å². The van der Waals surface area contributed by atoms with Crippen LogP contribution in [0.15, 0.2) is 18.2 Å². The standard InChI is InChI=1S/C16H18N2OS/c1-9-3-2-4-12-13(17)15(20-14(9)12)16(19)18-8-10-5-6-11(18)7-10/h2-4,10-11H,5-8,17H2,1H3. The van der Waals surface area contributed by atoms with Crippen LogP contribution >= 0.6 is 11.3 Å². The van der Waals surface area contributed by atoms with Crippen LogP contribution in [-0.2, 0) is 0 Å². The van der Waals surface area contributed by atoms with Gasteiger partial charge in [0.05, 0.1) is 5.69 Å². The quantitative estimate of drug-likeness (QED) is 0.873. The highest BCUT2D eigenvalue weighted by molar-refractivity contribution is 7.21. The van der Waals surface area contributed by atoms with Gasteiger partial charge in [0.1, 0.15) is 4.88 Å². The third kappa shape index (κ3) is 1.61. The van der Waals surface area contributed by atoms with Crippen LogP contribution in [0.5, 0.6) is 0 Å². The predicted octanol–water partition coefficient (Wildman–Crippen LogP) is 3.42. The average Bonchev–Trinajstić information content (AvgIpc) is 3.13. The van der Waals surface area contributed by atoms with Gasteiger partial charge in [0, 0.05) is 22.7 Å². The number of likely N-dealkylation sites (tertiary alicyclic amines) is 1. The van der Waals surface area contributed by atoms with Gasteiger partial charge < -0.3 is 10.6 Å². The zero-order chi connectivity index (χ0) is 13.9. The van der Waals surface area contributed by atoms with Crippen LogP contribution in [0.4, 0.5) is 5.69 Å². The molecule has 0 spiro atoms. The Kier molecular flexibility index (Phi) is 2.58. The zero-order valence-corrected chi connectivity index (χ0v) is 12.4. The van der Waals surface area contributed by atoms with E-state index in [1.807, 2.05) is 12.1 Å². The second-order valence-electron chi connectivity index (χ2n) is 6.09. The van der Waals surface area contributed by atoms with Gasteiger partial charge in [0.15, 0.2) is 0 Å². The van der Waals surface area contributed by atoms with Gasteiger partial charge >= 0.3 is 0 Å². The van der Waals surface area contributed by atoms with E-state index in [4.69, 9.17) is 5.73 Å². The van der Waals surface area contributed by atoms with Crippen LogP contribution in [0.3, 0.4) is 0 Å². The van der Waals surface area contributed by atoms with Crippen LogP contribution < -0.4 is 5.73 Å². The number of amides is 1. The lowest BCUT2D eigenvalue weighted by molar-refractivity contribution is 0.0709. The molecule has 2 N–H and O–H groups in total. The fourth-order valence-electron chi connectivity index (χ4n) is 3.74. The average molecular weight is 286 g/mol. The number of nitrogens with two attached hydrogens (primary N) is 1. The van der Waals surface area contributed by atoms with E-state index < -0.39 is 0 Å². The number of carbonyl (C=O) groups excluding carboxylic acids is 1. The van der Waals surface area contributed by atoms with E-state index in [1.165, 1.54) is 24.8 Å². The lowest BCUT2D eigenvalue weighted by Gasteiger charge is -2.26. The number of nitrogens with zero attached hydrogens (tertiary/aromatic N) is 1. The Balaban J connectivity index is 1.77. The van der Waals surface area contributed by atoms with E-state index in [0.29, 0.717) is 11.7 Å². The normalized spacial score (nSPS) is 24.8. The molecule has 2 aliphatic rings. The summed E-state index contributed by atoms with van der Waals surface area (Å²) in [6.45, 7) is 3.00. The molecular weight excluding hydrogens is 268 g/mol. The molecule has 2 aromatic rings. The lowest BCUT2D eigenvalue weighted by atomic mass is 10.1. The van der Waals surface area contributed by atoms with Crippen LogP contribution in [-0.4, -0.2) is 23.4 Å². The Labute approximate surface area is 122 Å². The first kappa shape index (κ1) is 12.2. The molecule has 2 fully saturated rings. The van der Waals surface area contributed by atoms with Crippen molar-refractivity contribution >= 4 is 33.0 Å². The van der Waals surface area contributed by atoms with E-state index >= 15 is 0 Å². The van der Waals surface area contributed by atoms with Crippen molar-refractivity contribution < 1.29 is 4.79 Å². The molecule has 1 saturated heterocycles. The van der Waals surface area contributed by atoms with Crippen LogP contribution in [0.1, 0.15) is 34.5 Å². The fourth-order valence-corrected chi connectivity index (χ4v) is 4.89. The van der Waals surface area contributed by atoms with Crippen molar-refractivity contribution in [2.24, 2.45) is 5.92 Å². The Hall–Kier alpha value is -1.55. The topological polar surface area (TPSA) is 46.3 Å². The summed E-state index contributed by atoms with van der Waals surface area (Å²) in [6.07, 6.45) is 3.64. The molecule has 2 unspecified atom stereocenters. The number of carbonyl (C=O) groups is 1.